The summed E-state index contributed by atoms with van der Waals surface area (Å²) in [6.07, 6.45) is 6.17. The minimum Gasteiger partial charge on any atom is -0.474 e. The predicted molar refractivity (Wildman–Crippen MR) is 70.3 cm³/mol. The molecule has 0 aliphatic heterocycles. The van der Waals surface area contributed by atoms with E-state index in [0.29, 0.717) is 17.7 Å². The molecule has 2 fully saturated rings. The monoisotopic (exact) mass is 264 g/mol. The van der Waals surface area contributed by atoms with Crippen molar-refractivity contribution in [3.8, 4) is 5.88 Å². The average Bonchev–Trinajstić information content (AvgIpc) is 3.23. The minimum atomic E-state index is -0.129. The highest BCUT2D eigenvalue weighted by molar-refractivity contribution is 5.14. The number of hydrogen-bond acceptors (Lipinski definition) is 4. The first-order valence-electron chi connectivity index (χ1n) is 7.13. The second-order valence-corrected chi connectivity index (χ2v) is 5.69. The van der Waals surface area contributed by atoms with Gasteiger partial charge in [0.1, 0.15) is 11.9 Å². The fourth-order valence-corrected chi connectivity index (χ4v) is 2.67. The summed E-state index contributed by atoms with van der Waals surface area (Å²) in [7, 11) is 0. The minimum absolute atomic E-state index is 0.129. The van der Waals surface area contributed by atoms with Crippen LogP contribution < -0.4 is 10.3 Å². The zero-order chi connectivity index (χ0) is 13.2. The van der Waals surface area contributed by atoms with E-state index in [1.807, 2.05) is 0 Å². The van der Waals surface area contributed by atoms with Crippen LogP contribution in [0.5, 0.6) is 5.88 Å². The van der Waals surface area contributed by atoms with Crippen molar-refractivity contribution < 1.29 is 9.84 Å². The number of aliphatic hydroxyl groups excluding tert-OH is 1. The van der Waals surface area contributed by atoms with Crippen molar-refractivity contribution in [3.05, 3.63) is 22.2 Å². The quantitative estimate of drug-likeness (QED) is 0.865. The number of nitrogens with zero attached hydrogens (tertiary/aromatic N) is 1. The van der Waals surface area contributed by atoms with Gasteiger partial charge in [-0.3, -0.25) is 4.79 Å². The lowest BCUT2D eigenvalue weighted by Gasteiger charge is -2.27. The van der Waals surface area contributed by atoms with Gasteiger partial charge >= 0.3 is 0 Å². The van der Waals surface area contributed by atoms with Crippen molar-refractivity contribution in [1.29, 1.82) is 0 Å². The molecule has 0 radical (unpaired) electrons. The highest BCUT2D eigenvalue weighted by atomic mass is 16.5. The summed E-state index contributed by atoms with van der Waals surface area (Å²) in [6, 6.07) is 1.43. The third-order valence-electron chi connectivity index (χ3n) is 4.04. The van der Waals surface area contributed by atoms with Gasteiger partial charge in [-0.25, -0.2) is 0 Å². The van der Waals surface area contributed by atoms with Gasteiger partial charge in [0.2, 0.25) is 5.88 Å². The van der Waals surface area contributed by atoms with Crippen LogP contribution in [-0.2, 0) is 0 Å². The topological polar surface area (TPSA) is 75.2 Å². The molecule has 1 aromatic heterocycles. The Morgan fingerprint density at radius 1 is 1.26 bits per heavy atom. The van der Waals surface area contributed by atoms with Crippen LogP contribution >= 0.6 is 0 Å². The van der Waals surface area contributed by atoms with Gasteiger partial charge in [0, 0.05) is 12.5 Å². The van der Waals surface area contributed by atoms with E-state index < -0.39 is 0 Å². The molecule has 104 valence electrons. The summed E-state index contributed by atoms with van der Waals surface area (Å²) >= 11 is 0. The summed E-state index contributed by atoms with van der Waals surface area (Å²) in [5.41, 5.74) is -0.129. The Kier molecular flexibility index (Phi) is 3.55. The van der Waals surface area contributed by atoms with Crippen LogP contribution in [0.1, 0.15) is 50.3 Å². The summed E-state index contributed by atoms with van der Waals surface area (Å²) in [6.45, 7) is 0.266. The van der Waals surface area contributed by atoms with E-state index >= 15 is 0 Å². The zero-order valence-electron chi connectivity index (χ0n) is 11.0. The number of aromatic nitrogens is 2. The average molecular weight is 264 g/mol. The Morgan fingerprint density at radius 3 is 2.63 bits per heavy atom. The van der Waals surface area contributed by atoms with Gasteiger partial charge in [0.05, 0.1) is 6.07 Å². The molecule has 1 aromatic rings. The lowest BCUT2D eigenvalue weighted by molar-refractivity contribution is 0.100. The fourth-order valence-electron chi connectivity index (χ4n) is 2.67. The van der Waals surface area contributed by atoms with Gasteiger partial charge in [-0.2, -0.15) is 4.98 Å². The van der Waals surface area contributed by atoms with Crippen molar-refractivity contribution >= 4 is 0 Å². The SMILES string of the molecule is O=c1cc(OC2CCC(CO)CC2)nc(C2CC2)[nH]1. The molecule has 2 aliphatic rings. The molecule has 0 atom stereocenters. The molecule has 2 saturated carbocycles. The van der Waals surface area contributed by atoms with Gasteiger partial charge in [-0.15, -0.1) is 0 Å². The first-order chi connectivity index (χ1) is 9.24. The van der Waals surface area contributed by atoms with Gasteiger partial charge in [0.15, 0.2) is 0 Å². The number of aromatic amines is 1. The maximum atomic E-state index is 11.6. The molecule has 3 rings (SSSR count). The largest absolute Gasteiger partial charge is 0.474 e. The summed E-state index contributed by atoms with van der Waals surface area (Å²) in [5.74, 6) is 2.06. The van der Waals surface area contributed by atoms with Crippen LogP contribution in [0.4, 0.5) is 0 Å². The number of aliphatic hydroxyl groups is 1. The van der Waals surface area contributed by atoms with Gasteiger partial charge in [0.25, 0.3) is 5.56 Å². The third-order valence-corrected chi connectivity index (χ3v) is 4.04. The van der Waals surface area contributed by atoms with Crippen LogP contribution in [0, 0.1) is 5.92 Å². The second kappa shape index (κ2) is 5.33. The molecule has 2 aliphatic carbocycles. The van der Waals surface area contributed by atoms with E-state index in [4.69, 9.17) is 9.84 Å². The van der Waals surface area contributed by atoms with Crippen molar-refractivity contribution in [2.75, 3.05) is 6.61 Å². The molecular weight excluding hydrogens is 244 g/mol. The Balaban J connectivity index is 1.65. The van der Waals surface area contributed by atoms with Crippen LogP contribution in [0.25, 0.3) is 0 Å². The molecule has 0 aromatic carbocycles. The standard InChI is InChI=1S/C14H20N2O3/c17-8-9-1-5-11(6-2-9)19-13-7-12(18)15-14(16-13)10-3-4-10/h7,9-11,17H,1-6,8H2,(H,15,16,18). The molecule has 1 heterocycles. The number of H-pyrrole nitrogens is 1. The maximum Gasteiger partial charge on any atom is 0.254 e. The van der Waals surface area contributed by atoms with Crippen molar-refractivity contribution in [1.82, 2.24) is 9.97 Å². The molecule has 5 heteroatoms. The van der Waals surface area contributed by atoms with Gasteiger partial charge in [-0.1, -0.05) is 0 Å². The summed E-state index contributed by atoms with van der Waals surface area (Å²) in [5, 5.41) is 9.11. The fraction of sp³-hybridized carbons (Fsp3) is 0.714. The number of ether oxygens (including phenoxy) is 1. The first-order valence-corrected chi connectivity index (χ1v) is 7.13. The number of hydrogen-bond donors (Lipinski definition) is 2. The lowest BCUT2D eigenvalue weighted by Crippen LogP contribution is -2.26. The van der Waals surface area contributed by atoms with Crippen LogP contribution in [0.3, 0.4) is 0 Å². The lowest BCUT2D eigenvalue weighted by atomic mass is 9.88. The molecule has 0 spiro atoms. The molecular formula is C14H20N2O3. The van der Waals surface area contributed by atoms with E-state index in [0.717, 1.165) is 44.3 Å². The smallest absolute Gasteiger partial charge is 0.254 e. The first kappa shape index (κ1) is 12.7. The molecule has 2 N–H and O–H groups in total. The molecule has 0 saturated heterocycles. The van der Waals surface area contributed by atoms with E-state index in [1.54, 1.807) is 0 Å². The predicted octanol–water partition coefficient (Wildman–Crippen LogP) is 1.58. The van der Waals surface area contributed by atoms with Crippen LogP contribution in [-0.4, -0.2) is 27.8 Å². The van der Waals surface area contributed by atoms with E-state index in [2.05, 4.69) is 9.97 Å². The zero-order valence-corrected chi connectivity index (χ0v) is 11.0. The molecule has 0 amide bonds. The van der Waals surface area contributed by atoms with E-state index in [-0.39, 0.29) is 18.3 Å². The van der Waals surface area contributed by atoms with Gasteiger partial charge < -0.3 is 14.8 Å². The normalized spacial score (nSPS) is 27.2. The Hall–Kier alpha value is -1.36. The van der Waals surface area contributed by atoms with Crippen molar-refractivity contribution in [3.63, 3.8) is 0 Å². The third kappa shape index (κ3) is 3.15. The van der Waals surface area contributed by atoms with Crippen molar-refractivity contribution in [2.24, 2.45) is 5.92 Å². The van der Waals surface area contributed by atoms with E-state index in [1.165, 1.54) is 6.07 Å². The Bertz CT molecular complexity index is 488. The highest BCUT2D eigenvalue weighted by Gasteiger charge is 2.27. The Morgan fingerprint density at radius 2 is 2.00 bits per heavy atom. The van der Waals surface area contributed by atoms with Crippen LogP contribution in [0.2, 0.25) is 0 Å². The van der Waals surface area contributed by atoms with Crippen molar-refractivity contribution in [2.45, 2.75) is 50.5 Å². The molecule has 0 unspecified atom stereocenters. The molecule has 0 bridgehead atoms. The molecule has 19 heavy (non-hydrogen) atoms. The van der Waals surface area contributed by atoms with E-state index in [9.17, 15) is 4.79 Å². The Labute approximate surface area is 112 Å². The summed E-state index contributed by atoms with van der Waals surface area (Å²) < 4.78 is 5.83. The van der Waals surface area contributed by atoms with Crippen LogP contribution in [0.15, 0.2) is 10.9 Å². The number of rotatable bonds is 4. The maximum absolute atomic E-state index is 11.6. The number of nitrogens with one attached hydrogen (secondary N) is 1. The molecule has 5 nitrogen and oxygen atoms in total. The summed E-state index contributed by atoms with van der Waals surface area (Å²) in [4.78, 5) is 18.8. The highest BCUT2D eigenvalue weighted by Crippen LogP contribution is 2.38. The van der Waals surface area contributed by atoms with Gasteiger partial charge in [-0.05, 0) is 44.4 Å². The second-order valence-electron chi connectivity index (χ2n) is 5.69.